The van der Waals surface area contributed by atoms with E-state index in [1.54, 1.807) is 0 Å². The molecule has 0 aliphatic heterocycles. The molecule has 0 heterocycles. The maximum absolute atomic E-state index is 9.10. The zero-order valence-corrected chi connectivity index (χ0v) is 12.0. The van der Waals surface area contributed by atoms with E-state index < -0.39 is 11.9 Å². The molecule has 0 fully saturated rings. The Morgan fingerprint density at radius 2 is 0.609 bits per heavy atom. The number of rotatable bonds is 0. The van der Waals surface area contributed by atoms with Crippen LogP contribution in [0.5, 0.6) is 0 Å². The van der Waals surface area contributed by atoms with Crippen molar-refractivity contribution in [1.82, 2.24) is 0 Å². The molecule has 19 nitrogen and oxygen atoms in total. The molecule has 0 aliphatic rings. The van der Waals surface area contributed by atoms with Crippen LogP contribution in [0, 0.1) is 10.7 Å². The quantitative estimate of drug-likeness (QED) is 0.201. The molecule has 23 heavy (non-hydrogen) atoms. The molecule has 0 rings (SSSR count). The first-order valence-electron chi connectivity index (χ1n) is 1.55. The van der Waals surface area contributed by atoms with Gasteiger partial charge in [-0.05, 0) is 0 Å². The van der Waals surface area contributed by atoms with Gasteiger partial charge in [0.25, 0.3) is 0 Å². The highest BCUT2D eigenvalue weighted by Crippen LogP contribution is 1.56. The monoisotopic (exact) mass is 401 g/mol. The summed E-state index contributed by atoms with van der Waals surface area (Å²) in [6, 6.07) is 0. The van der Waals surface area contributed by atoms with Crippen LogP contribution in [0.3, 0.4) is 0 Å². The average Bonchev–Trinajstić information content (AvgIpc) is 1.68. The summed E-state index contributed by atoms with van der Waals surface area (Å²) >= 11 is 3.09. The Labute approximate surface area is 133 Å². The van der Waals surface area contributed by atoms with Gasteiger partial charge in [0, 0.05) is 0 Å². The highest BCUT2D eigenvalue weighted by Gasteiger charge is 2.04. The molecule has 0 saturated heterocycles. The van der Waals surface area contributed by atoms with E-state index >= 15 is 0 Å². The Kier molecular flexibility index (Phi) is 3790. The summed E-state index contributed by atoms with van der Waals surface area (Å²) in [5, 5.41) is 23.4. The molecule has 0 aliphatic carbocycles. The summed E-state index contributed by atoms with van der Waals surface area (Å²) in [6.45, 7) is 0. The molecule has 0 spiro atoms. The molecule has 0 aromatic rings. The number of thiocyanates is 1. The summed E-state index contributed by atoms with van der Waals surface area (Å²) in [7, 11) is 0. The fourth-order valence-electron chi connectivity index (χ4n) is 0. The van der Waals surface area contributed by atoms with E-state index in [0.29, 0.717) is 0 Å². The summed E-state index contributed by atoms with van der Waals surface area (Å²) in [6.07, 6.45) is 0. The number of nitrogens with zero attached hydrogens (tertiary/aromatic N) is 1. The number of nitriles is 1. The molecular formula is C3H31NO18S. The predicted molar refractivity (Wildman–Crippen MR) is 80.5 cm³/mol. The maximum atomic E-state index is 9.10. The van der Waals surface area contributed by atoms with E-state index in [2.05, 4.69) is 12.6 Å². The summed E-state index contributed by atoms with van der Waals surface area (Å²) in [4.78, 5) is 18.2. The van der Waals surface area contributed by atoms with E-state index in [9.17, 15) is 0 Å². The SMILES string of the molecule is N#CS.O.O.O.O.O.O.O.O.O.O.O.O.O.O.O=C(O)C(=O)O. The molecule has 0 unspecified atom stereocenters. The second-order valence-corrected chi connectivity index (χ2v) is 0.910. The van der Waals surface area contributed by atoms with Gasteiger partial charge in [-0.1, -0.05) is 12.6 Å². The molecule has 0 aromatic carbocycles. The molecule has 0 saturated carbocycles. The number of carboxylic acids is 2. The molecule has 0 amide bonds. The van der Waals surface area contributed by atoms with Crippen molar-refractivity contribution in [1.29, 1.82) is 5.26 Å². The number of carboxylic acid groups (broad SMARTS) is 2. The smallest absolute Gasteiger partial charge is 0.414 e. The topological polar surface area (TPSA) is 539 Å². The van der Waals surface area contributed by atoms with Crippen molar-refractivity contribution in [3.63, 3.8) is 0 Å². The molecule has 30 N–H and O–H groups in total. The second-order valence-electron chi connectivity index (χ2n) is 0.710. The van der Waals surface area contributed by atoms with Gasteiger partial charge in [0.05, 0.1) is 0 Å². The lowest BCUT2D eigenvalue weighted by molar-refractivity contribution is -0.159. The van der Waals surface area contributed by atoms with Crippen LogP contribution >= 0.6 is 12.6 Å². The van der Waals surface area contributed by atoms with Crippen LogP contribution < -0.4 is 0 Å². The fourth-order valence-corrected chi connectivity index (χ4v) is 0. The Bertz CT molecular complexity index is 145. The van der Waals surface area contributed by atoms with Crippen LogP contribution in [0.2, 0.25) is 0 Å². The van der Waals surface area contributed by atoms with Crippen LogP contribution in [0.15, 0.2) is 0 Å². The van der Waals surface area contributed by atoms with E-state index in [0.717, 1.165) is 0 Å². The molecule has 162 valence electrons. The molecule has 0 bridgehead atoms. The first-order valence-corrected chi connectivity index (χ1v) is 2.00. The van der Waals surface area contributed by atoms with Crippen molar-refractivity contribution in [2.24, 2.45) is 0 Å². The van der Waals surface area contributed by atoms with E-state index in [-0.39, 0.29) is 76.7 Å². The summed E-state index contributed by atoms with van der Waals surface area (Å²) in [5.74, 6) is -3.65. The first kappa shape index (κ1) is 318. The van der Waals surface area contributed by atoms with Crippen molar-refractivity contribution < 1.29 is 96.5 Å². The number of thiol groups is 1. The van der Waals surface area contributed by atoms with Crippen molar-refractivity contribution in [3.8, 4) is 5.40 Å². The van der Waals surface area contributed by atoms with Gasteiger partial charge in [-0.2, -0.15) is 5.26 Å². The highest BCUT2D eigenvalue weighted by atomic mass is 32.1. The third kappa shape index (κ3) is 1360. The lowest BCUT2D eigenvalue weighted by Gasteiger charge is -1.72. The van der Waals surface area contributed by atoms with E-state index in [1.165, 1.54) is 5.40 Å². The lowest BCUT2D eigenvalue weighted by atomic mass is 10.7. The Hall–Kier alpha value is -1.78. The lowest BCUT2D eigenvalue weighted by Crippen LogP contribution is -2.09. The zero-order valence-electron chi connectivity index (χ0n) is 11.1. The minimum atomic E-state index is -1.82. The van der Waals surface area contributed by atoms with Crippen LogP contribution in [0.4, 0.5) is 0 Å². The van der Waals surface area contributed by atoms with Crippen LogP contribution in [0.1, 0.15) is 0 Å². The van der Waals surface area contributed by atoms with Crippen LogP contribution in [-0.4, -0.2) is 98.8 Å². The van der Waals surface area contributed by atoms with Crippen LogP contribution in [-0.2, 0) is 9.59 Å². The van der Waals surface area contributed by atoms with Crippen molar-refractivity contribution in [2.45, 2.75) is 0 Å². The van der Waals surface area contributed by atoms with Gasteiger partial charge >= 0.3 is 11.9 Å². The van der Waals surface area contributed by atoms with E-state index in [1.807, 2.05) is 0 Å². The number of hydrogen-bond acceptors (Lipinski definition) is 4. The van der Waals surface area contributed by atoms with Crippen molar-refractivity contribution in [2.75, 3.05) is 0 Å². The van der Waals surface area contributed by atoms with Gasteiger partial charge in [-0.15, -0.1) is 0 Å². The molecule has 0 aromatic heterocycles. The normalized spacial score (nSPS) is 2.26. The van der Waals surface area contributed by atoms with Gasteiger partial charge in [0.15, 0.2) is 0 Å². The zero-order chi connectivity index (χ0) is 7.86. The van der Waals surface area contributed by atoms with Crippen LogP contribution in [0.25, 0.3) is 0 Å². The molecule has 0 radical (unpaired) electrons. The maximum Gasteiger partial charge on any atom is 0.414 e. The number of aliphatic carboxylic acids is 2. The van der Waals surface area contributed by atoms with Gasteiger partial charge < -0.3 is 86.9 Å². The number of hydrogen-bond donors (Lipinski definition) is 3. The van der Waals surface area contributed by atoms with Gasteiger partial charge in [-0.25, -0.2) is 9.59 Å². The Balaban J connectivity index is -0.00000000197. The average molecular weight is 401 g/mol. The van der Waals surface area contributed by atoms with Gasteiger partial charge in [-0.3, -0.25) is 0 Å². The third-order valence-corrected chi connectivity index (χ3v) is 0.183. The fraction of sp³-hybridized carbons (Fsp3) is 0. The molecule has 0 atom stereocenters. The van der Waals surface area contributed by atoms with Gasteiger partial charge in [0.1, 0.15) is 5.40 Å². The second kappa shape index (κ2) is 274. The summed E-state index contributed by atoms with van der Waals surface area (Å²) in [5.41, 5.74) is 0. The molecular weight excluding hydrogens is 370 g/mol. The Morgan fingerprint density at radius 3 is 0.609 bits per heavy atom. The Morgan fingerprint density at radius 1 is 0.565 bits per heavy atom. The highest BCUT2D eigenvalue weighted by molar-refractivity contribution is 7.85. The predicted octanol–water partition coefficient (Wildman–Crippen LogP) is -12.0. The van der Waals surface area contributed by atoms with Crippen molar-refractivity contribution in [3.05, 3.63) is 0 Å². The summed E-state index contributed by atoms with van der Waals surface area (Å²) < 4.78 is 0. The number of carbonyl (C=O) groups is 2. The first-order chi connectivity index (χ1) is 4.06. The minimum absolute atomic E-state index is 0. The minimum Gasteiger partial charge on any atom is -0.473 e. The van der Waals surface area contributed by atoms with E-state index in [4.69, 9.17) is 25.1 Å². The molecule has 20 heteroatoms. The van der Waals surface area contributed by atoms with Gasteiger partial charge in [0.2, 0.25) is 0 Å². The third-order valence-electron chi connectivity index (χ3n) is 0.183. The van der Waals surface area contributed by atoms with Crippen molar-refractivity contribution >= 4 is 24.6 Å². The standard InChI is InChI=1S/C2H2O4.CHNS.14H2O/c3-1(4)2(5)6;2-1-3;;;;;;;;;;;;;;/h(H,3,4)(H,5,6);3H;14*1H2. The largest absolute Gasteiger partial charge is 0.473 e.